The number of rotatable bonds is 2. The number of pyridine rings is 1. The fourth-order valence-electron chi connectivity index (χ4n) is 2.59. The predicted octanol–water partition coefficient (Wildman–Crippen LogP) is 4.90. The summed E-state index contributed by atoms with van der Waals surface area (Å²) in [6, 6.07) is 25.2. The van der Waals surface area contributed by atoms with E-state index in [2.05, 4.69) is 70.6 Å². The molecule has 2 aromatic carbocycles. The van der Waals surface area contributed by atoms with Crippen molar-refractivity contribution >= 4 is 11.0 Å². The van der Waals surface area contributed by atoms with Gasteiger partial charge in [0, 0.05) is 17.3 Å². The van der Waals surface area contributed by atoms with Crippen LogP contribution in [-0.2, 0) is 0 Å². The Morgan fingerprint density at radius 1 is 0.667 bits per heavy atom. The fraction of sp³-hybridized carbons (Fsp3) is 0. The molecule has 2 nitrogen and oxygen atoms in total. The van der Waals surface area contributed by atoms with Crippen LogP contribution in [0.3, 0.4) is 0 Å². The summed E-state index contributed by atoms with van der Waals surface area (Å²) in [7, 11) is 0. The van der Waals surface area contributed by atoms with Crippen molar-refractivity contribution in [3.8, 4) is 22.4 Å². The zero-order valence-electron chi connectivity index (χ0n) is 11.5. The fourth-order valence-corrected chi connectivity index (χ4v) is 2.59. The number of nitrogens with one attached hydrogen (secondary N) is 1. The number of aromatic nitrogens is 2. The van der Waals surface area contributed by atoms with Gasteiger partial charge in [0.2, 0.25) is 0 Å². The minimum absolute atomic E-state index is 0.930. The molecule has 100 valence electrons. The van der Waals surface area contributed by atoms with Crippen LogP contribution >= 0.6 is 0 Å². The number of nitrogens with zero attached hydrogens (tertiary/aromatic N) is 1. The van der Waals surface area contributed by atoms with Gasteiger partial charge in [-0.1, -0.05) is 54.6 Å². The number of hydrogen-bond donors (Lipinski definition) is 1. The highest BCUT2D eigenvalue weighted by molar-refractivity contribution is 5.83. The highest BCUT2D eigenvalue weighted by Crippen LogP contribution is 2.26. The molecule has 0 saturated heterocycles. The summed E-state index contributed by atoms with van der Waals surface area (Å²) in [5.74, 6) is 0. The second-order valence-electron chi connectivity index (χ2n) is 5.07. The van der Waals surface area contributed by atoms with Crippen molar-refractivity contribution in [2.75, 3.05) is 0 Å². The van der Waals surface area contributed by atoms with E-state index in [1.807, 2.05) is 12.1 Å². The summed E-state index contributed by atoms with van der Waals surface area (Å²) < 4.78 is 0. The first-order valence-electron chi connectivity index (χ1n) is 7.00. The van der Waals surface area contributed by atoms with Gasteiger partial charge in [0.25, 0.3) is 0 Å². The summed E-state index contributed by atoms with van der Waals surface area (Å²) in [4.78, 5) is 7.70. The Morgan fingerprint density at radius 2 is 1.38 bits per heavy atom. The lowest BCUT2D eigenvalue weighted by Crippen LogP contribution is -1.80. The molecule has 1 N–H and O–H groups in total. The summed E-state index contributed by atoms with van der Waals surface area (Å²) in [6.07, 6.45) is 1.81. The molecule has 0 bridgehead atoms. The third-order valence-electron chi connectivity index (χ3n) is 3.69. The van der Waals surface area contributed by atoms with Crippen molar-refractivity contribution in [3.05, 3.63) is 79.0 Å². The second kappa shape index (κ2) is 4.91. The van der Waals surface area contributed by atoms with E-state index in [0.29, 0.717) is 0 Å². The summed E-state index contributed by atoms with van der Waals surface area (Å²) in [5, 5.41) is 1.14. The SMILES string of the molecule is c1ccc(-c2ccc(-c3cc4cccnc4[nH]3)cc2)cc1. The Bertz CT molecular complexity index is 841. The monoisotopic (exact) mass is 270 g/mol. The number of H-pyrrole nitrogens is 1. The molecular weight excluding hydrogens is 256 g/mol. The van der Waals surface area contributed by atoms with E-state index in [0.717, 1.165) is 16.7 Å². The first-order chi connectivity index (χ1) is 10.4. The third-order valence-corrected chi connectivity index (χ3v) is 3.69. The Hall–Kier alpha value is -2.87. The zero-order valence-corrected chi connectivity index (χ0v) is 11.5. The van der Waals surface area contributed by atoms with Crippen LogP contribution < -0.4 is 0 Å². The van der Waals surface area contributed by atoms with Gasteiger partial charge in [-0.2, -0.15) is 0 Å². The lowest BCUT2D eigenvalue weighted by Gasteiger charge is -2.03. The molecule has 0 aliphatic carbocycles. The number of benzene rings is 2. The molecular formula is C19H14N2. The van der Waals surface area contributed by atoms with E-state index in [9.17, 15) is 0 Å². The van der Waals surface area contributed by atoms with E-state index in [1.54, 1.807) is 6.20 Å². The van der Waals surface area contributed by atoms with E-state index in [1.165, 1.54) is 16.7 Å². The van der Waals surface area contributed by atoms with E-state index in [-0.39, 0.29) is 0 Å². The average Bonchev–Trinajstić information content (AvgIpc) is 3.00. The van der Waals surface area contributed by atoms with Crippen LogP contribution in [-0.4, -0.2) is 9.97 Å². The largest absolute Gasteiger partial charge is 0.339 e. The quantitative estimate of drug-likeness (QED) is 0.551. The minimum atomic E-state index is 0.930. The molecule has 0 spiro atoms. The topological polar surface area (TPSA) is 28.7 Å². The average molecular weight is 270 g/mol. The lowest BCUT2D eigenvalue weighted by molar-refractivity contribution is 1.32. The Kier molecular flexibility index (Phi) is 2.79. The van der Waals surface area contributed by atoms with Crippen LogP contribution in [0.5, 0.6) is 0 Å². The van der Waals surface area contributed by atoms with Crippen molar-refractivity contribution in [1.29, 1.82) is 0 Å². The molecule has 21 heavy (non-hydrogen) atoms. The molecule has 0 unspecified atom stereocenters. The van der Waals surface area contributed by atoms with Crippen LogP contribution in [0.2, 0.25) is 0 Å². The summed E-state index contributed by atoms with van der Waals surface area (Å²) >= 11 is 0. The highest BCUT2D eigenvalue weighted by atomic mass is 14.8. The Morgan fingerprint density at radius 3 is 2.14 bits per heavy atom. The lowest BCUT2D eigenvalue weighted by atomic mass is 10.0. The smallest absolute Gasteiger partial charge is 0.137 e. The van der Waals surface area contributed by atoms with Crippen LogP contribution in [0.1, 0.15) is 0 Å². The highest BCUT2D eigenvalue weighted by Gasteiger charge is 2.04. The first kappa shape index (κ1) is 11.9. The van der Waals surface area contributed by atoms with Crippen LogP contribution in [0.25, 0.3) is 33.4 Å². The number of fused-ring (bicyclic) bond motifs is 1. The standard InChI is InChI=1S/C19H14N2/c1-2-5-14(6-3-1)15-8-10-16(11-9-15)18-13-17-7-4-12-20-19(17)21-18/h1-13H,(H,20,21). The zero-order chi connectivity index (χ0) is 14.1. The van der Waals surface area contributed by atoms with Crippen molar-refractivity contribution in [1.82, 2.24) is 9.97 Å². The normalized spacial score (nSPS) is 10.9. The molecule has 2 aromatic heterocycles. The van der Waals surface area contributed by atoms with Crippen LogP contribution in [0, 0.1) is 0 Å². The molecule has 0 aliphatic heterocycles. The van der Waals surface area contributed by atoms with Crippen LogP contribution in [0.15, 0.2) is 79.0 Å². The van der Waals surface area contributed by atoms with Gasteiger partial charge in [0.05, 0.1) is 0 Å². The van der Waals surface area contributed by atoms with Gasteiger partial charge < -0.3 is 4.98 Å². The van der Waals surface area contributed by atoms with Crippen molar-refractivity contribution in [3.63, 3.8) is 0 Å². The number of aromatic amines is 1. The Labute approximate surface area is 123 Å². The van der Waals surface area contributed by atoms with E-state index < -0.39 is 0 Å². The molecule has 0 amide bonds. The molecule has 0 aliphatic rings. The van der Waals surface area contributed by atoms with Gasteiger partial charge in [-0.25, -0.2) is 4.98 Å². The maximum Gasteiger partial charge on any atom is 0.137 e. The summed E-state index contributed by atoms with van der Waals surface area (Å²) in [6.45, 7) is 0. The molecule has 0 saturated carbocycles. The van der Waals surface area contributed by atoms with Gasteiger partial charge in [0.1, 0.15) is 5.65 Å². The van der Waals surface area contributed by atoms with Crippen LogP contribution in [0.4, 0.5) is 0 Å². The van der Waals surface area contributed by atoms with Gasteiger partial charge in [-0.05, 0) is 34.9 Å². The Balaban J connectivity index is 1.73. The van der Waals surface area contributed by atoms with Gasteiger partial charge in [-0.3, -0.25) is 0 Å². The van der Waals surface area contributed by atoms with Gasteiger partial charge >= 0.3 is 0 Å². The molecule has 2 heteroatoms. The van der Waals surface area contributed by atoms with Crippen molar-refractivity contribution in [2.45, 2.75) is 0 Å². The predicted molar refractivity (Wildman–Crippen MR) is 87.0 cm³/mol. The number of hydrogen-bond acceptors (Lipinski definition) is 1. The molecule has 0 fully saturated rings. The maximum atomic E-state index is 4.34. The van der Waals surface area contributed by atoms with E-state index in [4.69, 9.17) is 0 Å². The molecule has 4 aromatic rings. The third kappa shape index (κ3) is 2.21. The first-order valence-corrected chi connectivity index (χ1v) is 7.00. The molecule has 2 heterocycles. The van der Waals surface area contributed by atoms with E-state index >= 15 is 0 Å². The maximum absolute atomic E-state index is 4.34. The summed E-state index contributed by atoms with van der Waals surface area (Å²) in [5.41, 5.74) is 5.67. The second-order valence-corrected chi connectivity index (χ2v) is 5.07. The van der Waals surface area contributed by atoms with Crippen molar-refractivity contribution < 1.29 is 0 Å². The molecule has 0 radical (unpaired) electrons. The molecule has 4 rings (SSSR count). The minimum Gasteiger partial charge on any atom is -0.339 e. The van der Waals surface area contributed by atoms with Gasteiger partial charge in [-0.15, -0.1) is 0 Å². The molecule has 0 atom stereocenters. The van der Waals surface area contributed by atoms with Gasteiger partial charge in [0.15, 0.2) is 0 Å². The van der Waals surface area contributed by atoms with Crippen molar-refractivity contribution in [2.24, 2.45) is 0 Å².